The van der Waals surface area contributed by atoms with Crippen LogP contribution >= 0.6 is 23.6 Å². The average molecular weight is 414 g/mol. The molecule has 4 rings (SSSR count). The topological polar surface area (TPSA) is 62.1 Å². The zero-order chi connectivity index (χ0) is 19.5. The molecule has 0 amide bonds. The van der Waals surface area contributed by atoms with Crippen LogP contribution in [0.25, 0.3) is 0 Å². The van der Waals surface area contributed by atoms with Crippen molar-refractivity contribution in [1.29, 1.82) is 0 Å². The van der Waals surface area contributed by atoms with Gasteiger partial charge in [-0.15, -0.1) is 5.10 Å². The summed E-state index contributed by atoms with van der Waals surface area (Å²) >= 11 is 7.04. The van der Waals surface area contributed by atoms with E-state index in [2.05, 4.69) is 62.2 Å². The largest absolute Gasteiger partial charge is 0.338 e. The molecule has 28 heavy (non-hydrogen) atoms. The molecule has 1 aliphatic heterocycles. The quantitative estimate of drug-likeness (QED) is 0.641. The highest BCUT2D eigenvalue weighted by Gasteiger charge is 2.19. The maximum absolute atomic E-state index is 5.53. The minimum absolute atomic E-state index is 0.702. The van der Waals surface area contributed by atoms with E-state index in [1.807, 2.05) is 10.7 Å². The molecule has 0 aliphatic carbocycles. The first-order valence-electron chi connectivity index (χ1n) is 9.25. The van der Waals surface area contributed by atoms with Crippen molar-refractivity contribution in [2.75, 3.05) is 36.4 Å². The fourth-order valence-electron chi connectivity index (χ4n) is 3.25. The van der Waals surface area contributed by atoms with Gasteiger partial charge in [-0.3, -0.25) is 4.90 Å². The van der Waals surface area contributed by atoms with Gasteiger partial charge in [0.25, 0.3) is 0 Å². The number of hydrogen-bond acceptors (Lipinski definition) is 8. The third-order valence-corrected chi connectivity index (χ3v) is 5.99. The third kappa shape index (κ3) is 4.37. The van der Waals surface area contributed by atoms with E-state index in [-0.39, 0.29) is 0 Å². The van der Waals surface area contributed by atoms with E-state index in [4.69, 9.17) is 12.2 Å². The van der Waals surface area contributed by atoms with Gasteiger partial charge in [0.2, 0.25) is 11.1 Å². The number of benzene rings is 1. The molecule has 9 heteroatoms. The maximum atomic E-state index is 5.53. The van der Waals surface area contributed by atoms with Crippen molar-refractivity contribution in [2.45, 2.75) is 20.5 Å². The zero-order valence-electron chi connectivity index (χ0n) is 16.0. The number of aromatic nitrogens is 4. The van der Waals surface area contributed by atoms with Gasteiger partial charge in [-0.2, -0.15) is 0 Å². The molecule has 1 N–H and O–H groups in total. The predicted molar refractivity (Wildman–Crippen MR) is 116 cm³/mol. The first-order valence-corrected chi connectivity index (χ1v) is 10.5. The second-order valence-corrected chi connectivity index (χ2v) is 8.53. The number of nitrogens with one attached hydrogen (secondary N) is 1. The molecule has 146 valence electrons. The average Bonchev–Trinajstić information content (AvgIpc) is 3.04. The molecule has 0 unspecified atom stereocenters. The number of aryl methyl sites for hydroxylation is 2. The minimum atomic E-state index is 0.702. The molecular formula is C19H23N7S2. The Hall–Kier alpha value is -2.36. The Morgan fingerprint density at radius 1 is 1.11 bits per heavy atom. The van der Waals surface area contributed by atoms with Crippen LogP contribution in [0.5, 0.6) is 0 Å². The Bertz CT molecular complexity index is 991. The van der Waals surface area contributed by atoms with Crippen LogP contribution in [0, 0.1) is 17.8 Å². The highest BCUT2D eigenvalue weighted by molar-refractivity contribution is 7.73. The smallest absolute Gasteiger partial charge is 0.225 e. The SMILES string of the molecule is Cc1ccc(Nc2nn(CN3CCN(c4ncccn4)CC3)c(=S)s2)c(C)c1. The van der Waals surface area contributed by atoms with Gasteiger partial charge in [-0.25, -0.2) is 14.6 Å². The monoisotopic (exact) mass is 413 g/mol. The number of nitrogens with zero attached hydrogens (tertiary/aromatic N) is 6. The lowest BCUT2D eigenvalue weighted by Gasteiger charge is -2.34. The van der Waals surface area contributed by atoms with E-state index in [1.54, 1.807) is 12.4 Å². The fourth-order valence-corrected chi connectivity index (χ4v) is 4.25. The molecule has 0 bridgehead atoms. The van der Waals surface area contributed by atoms with Gasteiger partial charge in [0.05, 0.1) is 6.67 Å². The van der Waals surface area contributed by atoms with Crippen LogP contribution in [-0.2, 0) is 6.67 Å². The van der Waals surface area contributed by atoms with Crippen LogP contribution in [0.1, 0.15) is 11.1 Å². The molecule has 0 saturated carbocycles. The molecule has 0 radical (unpaired) electrons. The molecular weight excluding hydrogens is 390 g/mol. The van der Waals surface area contributed by atoms with Gasteiger partial charge in [0.15, 0.2) is 3.95 Å². The summed E-state index contributed by atoms with van der Waals surface area (Å²) in [5, 5.41) is 8.91. The lowest BCUT2D eigenvalue weighted by molar-refractivity contribution is 0.194. The van der Waals surface area contributed by atoms with Gasteiger partial charge in [-0.1, -0.05) is 29.0 Å². The first kappa shape index (κ1) is 19.0. The van der Waals surface area contributed by atoms with Crippen LogP contribution < -0.4 is 10.2 Å². The lowest BCUT2D eigenvalue weighted by atomic mass is 10.1. The van der Waals surface area contributed by atoms with Crippen molar-refractivity contribution in [3.05, 3.63) is 51.7 Å². The summed E-state index contributed by atoms with van der Waals surface area (Å²) in [7, 11) is 0. The molecule has 1 aromatic carbocycles. The van der Waals surface area contributed by atoms with Crippen molar-refractivity contribution in [1.82, 2.24) is 24.6 Å². The molecule has 3 heterocycles. The summed E-state index contributed by atoms with van der Waals surface area (Å²) in [6.07, 6.45) is 3.57. The van der Waals surface area contributed by atoms with E-state index >= 15 is 0 Å². The van der Waals surface area contributed by atoms with Gasteiger partial charge >= 0.3 is 0 Å². The number of piperazine rings is 1. The highest BCUT2D eigenvalue weighted by Crippen LogP contribution is 2.24. The van der Waals surface area contributed by atoms with Gasteiger partial charge < -0.3 is 10.2 Å². The van der Waals surface area contributed by atoms with Gasteiger partial charge in [0.1, 0.15) is 0 Å². The first-order chi connectivity index (χ1) is 13.6. The van der Waals surface area contributed by atoms with E-state index in [9.17, 15) is 0 Å². The summed E-state index contributed by atoms with van der Waals surface area (Å²) < 4.78 is 2.68. The summed E-state index contributed by atoms with van der Waals surface area (Å²) in [4.78, 5) is 13.2. The van der Waals surface area contributed by atoms with E-state index in [0.717, 1.165) is 46.9 Å². The molecule has 3 aromatic rings. The number of hydrogen-bond donors (Lipinski definition) is 1. The van der Waals surface area contributed by atoms with E-state index < -0.39 is 0 Å². The van der Waals surface area contributed by atoms with Gasteiger partial charge in [0, 0.05) is 44.3 Å². The van der Waals surface area contributed by atoms with Crippen LogP contribution in [0.2, 0.25) is 0 Å². The molecule has 0 atom stereocenters. The van der Waals surface area contributed by atoms with Crippen molar-refractivity contribution in [3.63, 3.8) is 0 Å². The second-order valence-electron chi connectivity index (χ2n) is 6.91. The summed E-state index contributed by atoms with van der Waals surface area (Å²) in [5.74, 6) is 0.798. The van der Waals surface area contributed by atoms with Crippen LogP contribution in [0.15, 0.2) is 36.7 Å². The number of anilines is 3. The van der Waals surface area contributed by atoms with Crippen molar-refractivity contribution in [2.24, 2.45) is 0 Å². The Balaban J connectivity index is 1.38. The number of rotatable bonds is 5. The van der Waals surface area contributed by atoms with E-state index in [0.29, 0.717) is 6.67 Å². The van der Waals surface area contributed by atoms with Crippen LogP contribution in [0.4, 0.5) is 16.8 Å². The second kappa shape index (κ2) is 8.34. The Morgan fingerprint density at radius 2 is 1.86 bits per heavy atom. The summed E-state index contributed by atoms with van der Waals surface area (Å²) in [5.41, 5.74) is 3.52. The summed E-state index contributed by atoms with van der Waals surface area (Å²) in [6, 6.07) is 8.19. The van der Waals surface area contributed by atoms with Crippen molar-refractivity contribution >= 4 is 40.3 Å². The normalized spacial score (nSPS) is 15.0. The Kier molecular flexibility index (Phi) is 5.65. The molecule has 1 fully saturated rings. The van der Waals surface area contributed by atoms with Gasteiger partial charge in [-0.05, 0) is 43.8 Å². The molecule has 1 saturated heterocycles. The summed E-state index contributed by atoms with van der Waals surface area (Å²) in [6.45, 7) is 8.55. The van der Waals surface area contributed by atoms with Crippen LogP contribution in [-0.4, -0.2) is 50.8 Å². The van der Waals surface area contributed by atoms with Crippen LogP contribution in [0.3, 0.4) is 0 Å². The molecule has 1 aliphatic rings. The highest BCUT2D eigenvalue weighted by atomic mass is 32.1. The maximum Gasteiger partial charge on any atom is 0.225 e. The molecule has 7 nitrogen and oxygen atoms in total. The Labute approximate surface area is 173 Å². The lowest BCUT2D eigenvalue weighted by Crippen LogP contribution is -2.47. The fraction of sp³-hybridized carbons (Fsp3) is 0.368. The molecule has 2 aromatic heterocycles. The third-order valence-electron chi connectivity index (χ3n) is 4.77. The van der Waals surface area contributed by atoms with Crippen molar-refractivity contribution in [3.8, 4) is 0 Å². The van der Waals surface area contributed by atoms with E-state index in [1.165, 1.54) is 22.5 Å². The Morgan fingerprint density at radius 3 is 2.57 bits per heavy atom. The standard InChI is InChI=1S/C19H23N7S2/c1-14-4-5-16(15(2)12-14)22-18-23-26(19(27)28-18)13-24-8-10-25(11-9-24)17-20-6-3-7-21-17/h3-7,12H,8-11,13H2,1-2H3,(H,22,23). The zero-order valence-corrected chi connectivity index (χ0v) is 17.6. The van der Waals surface area contributed by atoms with Crippen molar-refractivity contribution < 1.29 is 0 Å². The predicted octanol–water partition coefficient (Wildman–Crippen LogP) is 3.60. The molecule has 0 spiro atoms. The minimum Gasteiger partial charge on any atom is -0.338 e.